The molecular weight excluding hydrogens is 524 g/mol. The predicted molar refractivity (Wildman–Crippen MR) is 157 cm³/mol. The molecule has 1 heterocycles. The summed E-state index contributed by atoms with van der Waals surface area (Å²) < 4.78 is 12.4. The van der Waals surface area contributed by atoms with E-state index in [-0.39, 0.29) is 29.0 Å². The Hall–Kier alpha value is -4.41. The number of anilines is 1. The Bertz CT molecular complexity index is 1430. The van der Waals surface area contributed by atoms with E-state index < -0.39 is 12.0 Å². The van der Waals surface area contributed by atoms with Crippen molar-refractivity contribution >= 4 is 23.6 Å². The highest BCUT2D eigenvalue weighted by Gasteiger charge is 2.22. The van der Waals surface area contributed by atoms with Crippen molar-refractivity contribution in [2.75, 3.05) is 19.0 Å². The molecule has 0 aliphatic rings. The van der Waals surface area contributed by atoms with E-state index in [1.807, 2.05) is 39.8 Å². The molecule has 0 bridgehead atoms. The second kappa shape index (κ2) is 12.4. The minimum atomic E-state index is -0.626. The Morgan fingerprint density at radius 3 is 2.37 bits per heavy atom. The third-order valence-corrected chi connectivity index (χ3v) is 6.28. The maximum Gasteiger partial charge on any atom is 0.414 e. The summed E-state index contributed by atoms with van der Waals surface area (Å²) in [5.74, 6) is -0.284. The molecule has 220 valence electrons. The molecule has 0 spiro atoms. The zero-order valence-electron chi connectivity index (χ0n) is 25.0. The van der Waals surface area contributed by atoms with Gasteiger partial charge in [-0.25, -0.2) is 9.48 Å². The minimum Gasteiger partial charge on any atom is -0.494 e. The first-order valence-corrected chi connectivity index (χ1v) is 13.4. The van der Waals surface area contributed by atoms with Crippen molar-refractivity contribution in [2.45, 2.75) is 66.7 Å². The summed E-state index contributed by atoms with van der Waals surface area (Å²) in [6, 6.07) is 9.04. The molecule has 2 aromatic carbocycles. The molecule has 0 aliphatic heterocycles. The molecular formula is C30H40N6O5. The highest BCUT2D eigenvalue weighted by atomic mass is 16.6. The summed E-state index contributed by atoms with van der Waals surface area (Å²) in [4.78, 5) is 37.1. The van der Waals surface area contributed by atoms with Crippen molar-refractivity contribution in [3.63, 3.8) is 0 Å². The summed E-state index contributed by atoms with van der Waals surface area (Å²) >= 11 is 0. The number of rotatable bonds is 9. The van der Waals surface area contributed by atoms with Crippen molar-refractivity contribution in [1.82, 2.24) is 20.3 Å². The van der Waals surface area contributed by atoms with Crippen molar-refractivity contribution < 1.29 is 23.9 Å². The van der Waals surface area contributed by atoms with Crippen LogP contribution in [0.4, 0.5) is 10.5 Å². The van der Waals surface area contributed by atoms with E-state index in [4.69, 9.17) is 15.2 Å². The average Bonchev–Trinajstić information content (AvgIpc) is 3.33. The predicted octanol–water partition coefficient (Wildman–Crippen LogP) is 4.69. The molecule has 3 aromatic rings. The quantitative estimate of drug-likeness (QED) is 0.341. The van der Waals surface area contributed by atoms with Gasteiger partial charge in [-0.1, -0.05) is 64.0 Å². The fraction of sp³-hybridized carbons (Fsp3) is 0.433. The van der Waals surface area contributed by atoms with Crippen LogP contribution in [-0.4, -0.2) is 46.6 Å². The minimum absolute atomic E-state index is 0.0258. The van der Waals surface area contributed by atoms with Crippen LogP contribution in [0.5, 0.6) is 11.6 Å². The number of hydrogen-bond acceptors (Lipinski definition) is 7. The first kappa shape index (κ1) is 31.1. The van der Waals surface area contributed by atoms with Crippen molar-refractivity contribution in [3.8, 4) is 17.3 Å². The van der Waals surface area contributed by atoms with Gasteiger partial charge in [0.2, 0.25) is 5.91 Å². The van der Waals surface area contributed by atoms with Gasteiger partial charge < -0.3 is 25.8 Å². The van der Waals surface area contributed by atoms with Crippen molar-refractivity contribution in [1.29, 1.82) is 0 Å². The molecule has 3 rings (SSSR count). The van der Waals surface area contributed by atoms with Gasteiger partial charge in [-0.05, 0) is 59.1 Å². The number of nitrogens with one attached hydrogen (secondary N) is 2. The van der Waals surface area contributed by atoms with Crippen LogP contribution in [0, 0.1) is 12.3 Å². The standard InChI is InChI=1S/C30H40N6O5/c1-18-9-10-20(14-23(18)36-16-25(34-35-36)41-28(39)32-17-29(2,3)4)27(38)33-22-15-21(30(5,6)7)13-19(26(22)40-8)11-12-24(31)37/h9-10,13-16H,11-12,17H2,1-8H3,(H2,31,37)(H,32,39)(H,33,38). The lowest BCUT2D eigenvalue weighted by Crippen LogP contribution is -2.34. The molecule has 11 heteroatoms. The van der Waals surface area contributed by atoms with E-state index in [1.165, 1.54) is 18.0 Å². The first-order chi connectivity index (χ1) is 19.1. The number of methoxy groups -OCH3 is 1. The van der Waals surface area contributed by atoms with Gasteiger partial charge in [0, 0.05) is 18.5 Å². The van der Waals surface area contributed by atoms with Gasteiger partial charge in [0.25, 0.3) is 11.8 Å². The van der Waals surface area contributed by atoms with Crippen LogP contribution < -0.4 is 25.8 Å². The highest BCUT2D eigenvalue weighted by Crippen LogP contribution is 2.36. The topological polar surface area (TPSA) is 150 Å². The van der Waals surface area contributed by atoms with Gasteiger partial charge in [-0.15, -0.1) is 0 Å². The van der Waals surface area contributed by atoms with E-state index in [2.05, 4.69) is 41.7 Å². The van der Waals surface area contributed by atoms with Crippen LogP contribution in [0.1, 0.15) is 75.0 Å². The number of primary amides is 1. The summed E-state index contributed by atoms with van der Waals surface area (Å²) in [6.45, 7) is 14.5. The van der Waals surface area contributed by atoms with Crippen molar-refractivity contribution in [3.05, 3.63) is 58.8 Å². The fourth-order valence-corrected chi connectivity index (χ4v) is 3.97. The molecule has 41 heavy (non-hydrogen) atoms. The summed E-state index contributed by atoms with van der Waals surface area (Å²) in [6.07, 6.45) is 1.38. The number of hydrogen-bond donors (Lipinski definition) is 3. The smallest absolute Gasteiger partial charge is 0.414 e. The van der Waals surface area contributed by atoms with Gasteiger partial charge in [0.05, 0.1) is 24.7 Å². The number of carbonyl (C=O) groups is 3. The zero-order valence-corrected chi connectivity index (χ0v) is 25.0. The van der Waals surface area contributed by atoms with Crippen LogP contribution in [-0.2, 0) is 16.6 Å². The van der Waals surface area contributed by atoms with Gasteiger partial charge in [0.15, 0.2) is 0 Å². The number of benzene rings is 2. The van der Waals surface area contributed by atoms with Crippen molar-refractivity contribution in [2.24, 2.45) is 11.1 Å². The molecule has 4 N–H and O–H groups in total. The maximum absolute atomic E-state index is 13.5. The summed E-state index contributed by atoms with van der Waals surface area (Å²) in [7, 11) is 1.52. The van der Waals surface area contributed by atoms with E-state index in [9.17, 15) is 14.4 Å². The molecule has 0 aliphatic carbocycles. The molecule has 0 saturated heterocycles. The van der Waals surface area contributed by atoms with Crippen LogP contribution in [0.3, 0.4) is 0 Å². The van der Waals surface area contributed by atoms with Crippen LogP contribution in [0.2, 0.25) is 0 Å². The van der Waals surface area contributed by atoms with Crippen LogP contribution in [0.25, 0.3) is 5.69 Å². The Balaban J connectivity index is 1.87. The number of carbonyl (C=O) groups excluding carboxylic acids is 3. The fourth-order valence-electron chi connectivity index (χ4n) is 3.97. The van der Waals surface area contributed by atoms with Gasteiger partial charge >= 0.3 is 6.09 Å². The Labute approximate surface area is 240 Å². The number of nitrogens with two attached hydrogens (primary N) is 1. The third kappa shape index (κ3) is 8.54. The monoisotopic (exact) mass is 564 g/mol. The van der Waals surface area contributed by atoms with Crippen LogP contribution in [0.15, 0.2) is 36.5 Å². The second-order valence-corrected chi connectivity index (χ2v) is 12.2. The Kier molecular flexibility index (Phi) is 9.42. The second-order valence-electron chi connectivity index (χ2n) is 12.2. The molecule has 11 nitrogen and oxygen atoms in total. The molecule has 0 atom stereocenters. The largest absolute Gasteiger partial charge is 0.494 e. The molecule has 3 amide bonds. The normalized spacial score (nSPS) is 11.6. The maximum atomic E-state index is 13.5. The number of nitrogens with zero attached hydrogens (tertiary/aromatic N) is 3. The molecule has 0 radical (unpaired) electrons. The van der Waals surface area contributed by atoms with Crippen LogP contribution >= 0.6 is 0 Å². The lowest BCUT2D eigenvalue weighted by Gasteiger charge is -2.24. The molecule has 0 fully saturated rings. The summed E-state index contributed by atoms with van der Waals surface area (Å²) in [5, 5.41) is 13.7. The number of aromatic nitrogens is 3. The first-order valence-electron chi connectivity index (χ1n) is 13.4. The van der Waals surface area contributed by atoms with E-state index in [1.54, 1.807) is 18.2 Å². The third-order valence-electron chi connectivity index (χ3n) is 6.28. The number of ether oxygens (including phenoxy) is 2. The lowest BCUT2D eigenvalue weighted by molar-refractivity contribution is -0.118. The van der Waals surface area contributed by atoms with E-state index >= 15 is 0 Å². The SMILES string of the molecule is COc1c(CCC(N)=O)cc(C(C)(C)C)cc1NC(=O)c1ccc(C)c(-n2cc(OC(=O)NCC(C)(C)C)nn2)c1. The Morgan fingerprint density at radius 1 is 1.05 bits per heavy atom. The Morgan fingerprint density at radius 2 is 1.76 bits per heavy atom. The molecule has 0 saturated carbocycles. The van der Waals surface area contributed by atoms with Gasteiger partial charge in [0.1, 0.15) is 5.75 Å². The van der Waals surface area contributed by atoms with Gasteiger partial charge in [-0.2, -0.15) is 0 Å². The number of amides is 3. The van der Waals surface area contributed by atoms with E-state index in [0.717, 1.165) is 16.7 Å². The lowest BCUT2D eigenvalue weighted by atomic mass is 9.85. The zero-order chi connectivity index (χ0) is 30.5. The molecule has 1 aromatic heterocycles. The molecule has 0 unspecified atom stereocenters. The van der Waals surface area contributed by atoms with Gasteiger partial charge in [-0.3, -0.25) is 9.59 Å². The average molecular weight is 565 g/mol. The van der Waals surface area contributed by atoms with E-state index in [0.29, 0.717) is 35.7 Å². The number of aryl methyl sites for hydroxylation is 2. The highest BCUT2D eigenvalue weighted by molar-refractivity contribution is 6.05. The summed E-state index contributed by atoms with van der Waals surface area (Å²) in [5.41, 5.74) is 9.10.